The molecule has 1 fully saturated rings. The number of hydrogen-bond donors (Lipinski definition) is 2. The summed E-state index contributed by atoms with van der Waals surface area (Å²) in [6.07, 6.45) is 2.28. The van der Waals surface area contributed by atoms with E-state index in [1.807, 2.05) is 19.1 Å². The predicted octanol–water partition coefficient (Wildman–Crippen LogP) is 3.28. The highest BCUT2D eigenvalue weighted by Gasteiger charge is 2.23. The molecule has 2 aromatic rings. The number of nitrogens with one attached hydrogen (secondary N) is 2. The van der Waals surface area contributed by atoms with Gasteiger partial charge in [-0.2, -0.15) is 0 Å². The first-order valence-electron chi connectivity index (χ1n) is 7.73. The number of rotatable bonds is 4. The van der Waals surface area contributed by atoms with E-state index in [0.29, 0.717) is 13.2 Å². The second-order valence-electron chi connectivity index (χ2n) is 5.89. The van der Waals surface area contributed by atoms with Crippen molar-refractivity contribution in [2.45, 2.75) is 39.2 Å². The van der Waals surface area contributed by atoms with Gasteiger partial charge in [0.15, 0.2) is 0 Å². The molecule has 22 heavy (non-hydrogen) atoms. The Hall–Kier alpha value is -1.52. The average molecular weight is 321 g/mol. The first-order valence-corrected chi connectivity index (χ1v) is 8.11. The molecule has 1 unspecified atom stereocenters. The van der Waals surface area contributed by atoms with Gasteiger partial charge in [0.25, 0.3) is 0 Å². The quantitative estimate of drug-likeness (QED) is 0.908. The third kappa shape index (κ3) is 2.85. The molecule has 0 radical (unpaired) electrons. The first kappa shape index (κ1) is 15.4. The van der Waals surface area contributed by atoms with Crippen molar-refractivity contribution in [3.05, 3.63) is 34.0 Å². The fourth-order valence-electron chi connectivity index (χ4n) is 3.11. The van der Waals surface area contributed by atoms with Crippen molar-refractivity contribution in [3.8, 4) is 0 Å². The van der Waals surface area contributed by atoms with Crippen molar-refractivity contribution in [3.63, 3.8) is 0 Å². The molecule has 2 N–H and O–H groups in total. The lowest BCUT2D eigenvalue weighted by Crippen LogP contribution is -2.35. The Kier molecular flexibility index (Phi) is 4.41. The van der Waals surface area contributed by atoms with Gasteiger partial charge in [-0.1, -0.05) is 17.7 Å². The van der Waals surface area contributed by atoms with E-state index in [1.165, 1.54) is 11.1 Å². The van der Waals surface area contributed by atoms with E-state index in [2.05, 4.69) is 17.2 Å². The van der Waals surface area contributed by atoms with Crippen LogP contribution in [0, 0.1) is 13.8 Å². The van der Waals surface area contributed by atoms with Crippen LogP contribution in [0.25, 0.3) is 10.9 Å². The molecular formula is C17H21ClN2O2. The Morgan fingerprint density at radius 3 is 3.00 bits per heavy atom. The van der Waals surface area contributed by atoms with Crippen LogP contribution in [0.3, 0.4) is 0 Å². The molecule has 2 heterocycles. The zero-order chi connectivity index (χ0) is 15.7. The molecule has 1 aromatic heterocycles. The second kappa shape index (κ2) is 6.31. The Bertz CT molecular complexity index is 702. The summed E-state index contributed by atoms with van der Waals surface area (Å²) < 4.78 is 5.39. The summed E-state index contributed by atoms with van der Waals surface area (Å²) in [5.74, 6) is -0.00253. The summed E-state index contributed by atoms with van der Waals surface area (Å²) in [7, 11) is 0. The summed E-state index contributed by atoms with van der Waals surface area (Å²) in [5, 5.41) is 4.80. The Morgan fingerprint density at radius 1 is 1.45 bits per heavy atom. The van der Waals surface area contributed by atoms with Gasteiger partial charge in [0.2, 0.25) is 5.91 Å². The Balaban J connectivity index is 1.72. The minimum absolute atomic E-state index is 0.00253. The summed E-state index contributed by atoms with van der Waals surface area (Å²) in [6.45, 7) is 5.40. The SMILES string of the molecule is Cc1[nH]c2c(C)ccc(Cl)c2c1CCNC(=O)C1CCCO1. The molecule has 0 bridgehead atoms. The number of halogens is 1. The van der Waals surface area contributed by atoms with E-state index >= 15 is 0 Å². The van der Waals surface area contributed by atoms with Crippen molar-refractivity contribution in [1.29, 1.82) is 0 Å². The molecule has 1 aliphatic rings. The number of fused-ring (bicyclic) bond motifs is 1. The van der Waals surface area contributed by atoms with Crippen LogP contribution in [0.1, 0.15) is 29.7 Å². The monoisotopic (exact) mass is 320 g/mol. The molecule has 4 nitrogen and oxygen atoms in total. The van der Waals surface area contributed by atoms with E-state index in [9.17, 15) is 4.79 Å². The molecule has 1 atom stereocenters. The van der Waals surface area contributed by atoms with Crippen molar-refractivity contribution in [2.75, 3.05) is 13.2 Å². The summed E-state index contributed by atoms with van der Waals surface area (Å²) >= 11 is 6.37. The van der Waals surface area contributed by atoms with Crippen LogP contribution in [0.15, 0.2) is 12.1 Å². The van der Waals surface area contributed by atoms with Crippen LogP contribution in [-0.4, -0.2) is 30.1 Å². The number of aromatic nitrogens is 1. The lowest BCUT2D eigenvalue weighted by atomic mass is 10.1. The van der Waals surface area contributed by atoms with Gasteiger partial charge in [0, 0.05) is 24.2 Å². The molecular weight excluding hydrogens is 300 g/mol. The topological polar surface area (TPSA) is 54.1 Å². The zero-order valence-electron chi connectivity index (χ0n) is 13.0. The second-order valence-corrected chi connectivity index (χ2v) is 6.29. The molecule has 1 amide bonds. The van der Waals surface area contributed by atoms with Crippen LogP contribution in [0.5, 0.6) is 0 Å². The largest absolute Gasteiger partial charge is 0.368 e. The fourth-order valence-corrected chi connectivity index (χ4v) is 3.38. The fraction of sp³-hybridized carbons (Fsp3) is 0.471. The summed E-state index contributed by atoms with van der Waals surface area (Å²) in [5.41, 5.74) is 4.55. The summed E-state index contributed by atoms with van der Waals surface area (Å²) in [6, 6.07) is 3.95. The van der Waals surface area contributed by atoms with Gasteiger partial charge >= 0.3 is 0 Å². The third-order valence-corrected chi connectivity index (χ3v) is 4.64. The molecule has 3 rings (SSSR count). The molecule has 1 aliphatic heterocycles. The van der Waals surface area contributed by atoms with Crippen LogP contribution < -0.4 is 5.32 Å². The minimum atomic E-state index is -0.269. The van der Waals surface area contributed by atoms with E-state index in [4.69, 9.17) is 16.3 Å². The van der Waals surface area contributed by atoms with E-state index in [-0.39, 0.29) is 12.0 Å². The van der Waals surface area contributed by atoms with E-state index in [1.54, 1.807) is 0 Å². The number of carbonyl (C=O) groups excluding carboxylic acids is 1. The number of H-pyrrole nitrogens is 1. The first-order chi connectivity index (χ1) is 10.6. The zero-order valence-corrected chi connectivity index (χ0v) is 13.7. The lowest BCUT2D eigenvalue weighted by molar-refractivity contribution is -0.129. The number of aromatic amines is 1. The number of aryl methyl sites for hydroxylation is 2. The van der Waals surface area contributed by atoms with Gasteiger partial charge in [-0.25, -0.2) is 0 Å². The number of hydrogen-bond acceptors (Lipinski definition) is 2. The molecule has 0 saturated carbocycles. The highest BCUT2D eigenvalue weighted by atomic mass is 35.5. The molecule has 5 heteroatoms. The molecule has 1 saturated heterocycles. The smallest absolute Gasteiger partial charge is 0.249 e. The van der Waals surface area contributed by atoms with Crippen LogP contribution in [0.4, 0.5) is 0 Å². The van der Waals surface area contributed by atoms with Gasteiger partial charge in [0.1, 0.15) is 6.10 Å². The Labute approximate surface area is 135 Å². The van der Waals surface area contributed by atoms with Crippen molar-refractivity contribution < 1.29 is 9.53 Å². The minimum Gasteiger partial charge on any atom is -0.368 e. The Morgan fingerprint density at radius 2 is 2.27 bits per heavy atom. The van der Waals surface area contributed by atoms with Gasteiger partial charge in [0.05, 0.1) is 10.5 Å². The molecule has 118 valence electrons. The number of amides is 1. The number of ether oxygens (including phenoxy) is 1. The van der Waals surface area contributed by atoms with Crippen LogP contribution in [-0.2, 0) is 16.0 Å². The maximum Gasteiger partial charge on any atom is 0.249 e. The normalized spacial score (nSPS) is 18.0. The van der Waals surface area contributed by atoms with Gasteiger partial charge in [-0.3, -0.25) is 4.79 Å². The van der Waals surface area contributed by atoms with Gasteiger partial charge in [-0.15, -0.1) is 0 Å². The molecule has 1 aromatic carbocycles. The summed E-state index contributed by atoms with van der Waals surface area (Å²) in [4.78, 5) is 15.4. The third-order valence-electron chi connectivity index (χ3n) is 4.33. The predicted molar refractivity (Wildman–Crippen MR) is 88.5 cm³/mol. The van der Waals surface area contributed by atoms with Crippen molar-refractivity contribution in [2.24, 2.45) is 0 Å². The maximum absolute atomic E-state index is 12.0. The lowest BCUT2D eigenvalue weighted by Gasteiger charge is -2.10. The van der Waals surface area contributed by atoms with Crippen molar-refractivity contribution >= 4 is 28.4 Å². The molecule has 0 aliphatic carbocycles. The maximum atomic E-state index is 12.0. The van der Waals surface area contributed by atoms with Gasteiger partial charge < -0.3 is 15.0 Å². The molecule has 0 spiro atoms. The van der Waals surface area contributed by atoms with Crippen LogP contribution in [0.2, 0.25) is 5.02 Å². The van der Waals surface area contributed by atoms with Gasteiger partial charge in [-0.05, 0) is 50.3 Å². The van der Waals surface area contributed by atoms with E-state index < -0.39 is 0 Å². The van der Waals surface area contributed by atoms with Crippen LogP contribution >= 0.6 is 11.6 Å². The standard InChI is InChI=1S/C17H21ClN2O2/c1-10-5-6-13(18)15-12(11(2)20-16(10)15)7-8-19-17(21)14-4-3-9-22-14/h5-6,14,20H,3-4,7-9H2,1-2H3,(H,19,21). The highest BCUT2D eigenvalue weighted by Crippen LogP contribution is 2.31. The van der Waals surface area contributed by atoms with E-state index in [0.717, 1.165) is 40.9 Å². The van der Waals surface area contributed by atoms with Crippen molar-refractivity contribution in [1.82, 2.24) is 10.3 Å². The number of carbonyl (C=O) groups is 1. The number of benzene rings is 1. The average Bonchev–Trinajstić information content (AvgIpc) is 3.12. The highest BCUT2D eigenvalue weighted by molar-refractivity contribution is 6.35.